The molecule has 0 saturated carbocycles. The second kappa shape index (κ2) is 5.58. The van der Waals surface area contributed by atoms with Crippen molar-refractivity contribution in [3.8, 4) is 5.88 Å². The molecule has 0 unspecified atom stereocenters. The highest BCUT2D eigenvalue weighted by Gasteiger charge is 2.17. The molecule has 0 bridgehead atoms. The summed E-state index contributed by atoms with van der Waals surface area (Å²) in [5, 5.41) is 16.3. The zero-order valence-electron chi connectivity index (χ0n) is 9.33. The Bertz CT molecular complexity index is 391. The van der Waals surface area contributed by atoms with Crippen molar-refractivity contribution in [2.45, 2.75) is 12.8 Å². The molecule has 1 aliphatic heterocycles. The van der Waals surface area contributed by atoms with E-state index in [9.17, 15) is 4.79 Å². The van der Waals surface area contributed by atoms with E-state index in [0.717, 1.165) is 26.1 Å². The number of hydrogen-bond donors (Lipinski definition) is 1. The van der Waals surface area contributed by atoms with Gasteiger partial charge in [0.05, 0.1) is 12.8 Å². The molecule has 2 heterocycles. The zero-order chi connectivity index (χ0) is 12.1. The van der Waals surface area contributed by atoms with E-state index in [4.69, 9.17) is 14.6 Å². The maximum absolute atomic E-state index is 10.9. The van der Waals surface area contributed by atoms with E-state index in [1.165, 1.54) is 12.3 Å². The lowest BCUT2D eigenvalue weighted by atomic mass is 10.0. The molecule has 2 rings (SSSR count). The van der Waals surface area contributed by atoms with Gasteiger partial charge in [-0.1, -0.05) is 0 Å². The van der Waals surface area contributed by atoms with Crippen LogP contribution in [0, 0.1) is 5.92 Å². The predicted octanol–water partition coefficient (Wildman–Crippen LogP) is 0.980. The van der Waals surface area contributed by atoms with Crippen molar-refractivity contribution in [1.29, 1.82) is 0 Å². The van der Waals surface area contributed by atoms with Crippen molar-refractivity contribution >= 4 is 5.97 Å². The van der Waals surface area contributed by atoms with E-state index in [0.29, 0.717) is 12.5 Å². The Morgan fingerprint density at radius 1 is 1.53 bits per heavy atom. The van der Waals surface area contributed by atoms with Gasteiger partial charge in [-0.2, -0.15) is 5.10 Å². The van der Waals surface area contributed by atoms with Gasteiger partial charge in [0.25, 0.3) is 0 Å². The minimum Gasteiger partial charge on any atom is -0.477 e. The van der Waals surface area contributed by atoms with Crippen LogP contribution in [-0.4, -0.2) is 41.1 Å². The third kappa shape index (κ3) is 3.13. The lowest BCUT2D eigenvalue weighted by Crippen LogP contribution is -2.22. The fourth-order valence-corrected chi connectivity index (χ4v) is 1.70. The molecule has 0 spiro atoms. The first-order chi connectivity index (χ1) is 8.27. The first kappa shape index (κ1) is 11.8. The largest absolute Gasteiger partial charge is 0.477 e. The fraction of sp³-hybridized carbons (Fsp3) is 0.545. The van der Waals surface area contributed by atoms with Crippen LogP contribution in [-0.2, 0) is 4.74 Å². The van der Waals surface area contributed by atoms with Crippen LogP contribution < -0.4 is 4.74 Å². The molecule has 1 saturated heterocycles. The number of carboxylic acid groups (broad SMARTS) is 1. The lowest BCUT2D eigenvalue weighted by Gasteiger charge is -2.21. The third-order valence-electron chi connectivity index (χ3n) is 2.71. The number of rotatable bonds is 4. The smallest absolute Gasteiger partial charge is 0.341 e. The molecule has 0 amide bonds. The van der Waals surface area contributed by atoms with Crippen LogP contribution in [0.15, 0.2) is 12.3 Å². The van der Waals surface area contributed by atoms with E-state index in [-0.39, 0.29) is 11.4 Å². The summed E-state index contributed by atoms with van der Waals surface area (Å²) in [6.45, 7) is 1.93. The first-order valence-corrected chi connectivity index (χ1v) is 5.53. The summed E-state index contributed by atoms with van der Waals surface area (Å²) in [4.78, 5) is 10.9. The van der Waals surface area contributed by atoms with Crippen molar-refractivity contribution in [2.75, 3.05) is 19.8 Å². The van der Waals surface area contributed by atoms with Gasteiger partial charge in [-0.25, -0.2) is 4.79 Å². The molecule has 1 aliphatic rings. The minimum atomic E-state index is -1.05. The highest BCUT2D eigenvalue weighted by molar-refractivity contribution is 5.89. The maximum atomic E-state index is 10.9. The molecule has 0 radical (unpaired) electrons. The van der Waals surface area contributed by atoms with Gasteiger partial charge in [0.2, 0.25) is 5.88 Å². The first-order valence-electron chi connectivity index (χ1n) is 5.53. The quantitative estimate of drug-likeness (QED) is 0.842. The summed E-state index contributed by atoms with van der Waals surface area (Å²) in [6, 6.07) is 1.38. The average Bonchev–Trinajstić information content (AvgIpc) is 2.38. The molecule has 17 heavy (non-hydrogen) atoms. The number of ether oxygens (including phenoxy) is 2. The average molecular weight is 238 g/mol. The molecule has 1 aromatic rings. The van der Waals surface area contributed by atoms with Crippen molar-refractivity contribution < 1.29 is 19.4 Å². The molecular weight excluding hydrogens is 224 g/mol. The Kier molecular flexibility index (Phi) is 3.87. The van der Waals surface area contributed by atoms with Gasteiger partial charge in [-0.05, 0) is 24.8 Å². The van der Waals surface area contributed by atoms with E-state index in [2.05, 4.69) is 10.2 Å². The van der Waals surface area contributed by atoms with Crippen LogP contribution >= 0.6 is 0 Å². The zero-order valence-corrected chi connectivity index (χ0v) is 9.33. The molecule has 6 heteroatoms. The molecule has 0 aromatic carbocycles. The number of hydrogen-bond acceptors (Lipinski definition) is 5. The van der Waals surface area contributed by atoms with Gasteiger partial charge in [0.15, 0.2) is 0 Å². The third-order valence-corrected chi connectivity index (χ3v) is 2.71. The second-order valence-electron chi connectivity index (χ2n) is 3.92. The van der Waals surface area contributed by atoms with Gasteiger partial charge >= 0.3 is 5.97 Å². The van der Waals surface area contributed by atoms with E-state index < -0.39 is 5.97 Å². The van der Waals surface area contributed by atoms with E-state index in [1.54, 1.807) is 0 Å². The molecule has 6 nitrogen and oxygen atoms in total. The monoisotopic (exact) mass is 238 g/mol. The van der Waals surface area contributed by atoms with Gasteiger partial charge in [-0.3, -0.25) is 0 Å². The van der Waals surface area contributed by atoms with Crippen molar-refractivity contribution in [3.63, 3.8) is 0 Å². The van der Waals surface area contributed by atoms with Gasteiger partial charge < -0.3 is 14.6 Å². The number of aromatic carboxylic acids is 1. The topological polar surface area (TPSA) is 81.5 Å². The van der Waals surface area contributed by atoms with Crippen LogP contribution in [0.4, 0.5) is 0 Å². The summed E-state index contributed by atoms with van der Waals surface area (Å²) in [5.41, 5.74) is 0.0482. The molecule has 0 atom stereocenters. The standard InChI is InChI=1S/C11H14N2O4/c14-11(15)9-1-4-12-13-10(9)17-7-8-2-5-16-6-3-8/h1,4,8H,2-3,5-7H2,(H,14,15). The van der Waals surface area contributed by atoms with Gasteiger partial charge in [-0.15, -0.1) is 5.10 Å². The Morgan fingerprint density at radius 2 is 2.29 bits per heavy atom. The van der Waals surface area contributed by atoms with E-state index in [1.807, 2.05) is 0 Å². The molecular formula is C11H14N2O4. The van der Waals surface area contributed by atoms with Crippen LogP contribution in [0.2, 0.25) is 0 Å². The summed E-state index contributed by atoms with van der Waals surface area (Å²) in [7, 11) is 0. The van der Waals surface area contributed by atoms with Crippen molar-refractivity contribution in [1.82, 2.24) is 10.2 Å². The fourth-order valence-electron chi connectivity index (χ4n) is 1.70. The summed E-state index contributed by atoms with van der Waals surface area (Å²) >= 11 is 0. The van der Waals surface area contributed by atoms with Crippen molar-refractivity contribution in [2.24, 2.45) is 5.92 Å². The summed E-state index contributed by atoms with van der Waals surface area (Å²) in [6.07, 6.45) is 3.20. The number of carboxylic acids is 1. The van der Waals surface area contributed by atoms with Crippen LogP contribution in [0.25, 0.3) is 0 Å². The number of aromatic nitrogens is 2. The normalized spacial score (nSPS) is 16.7. The predicted molar refractivity (Wildman–Crippen MR) is 58.0 cm³/mol. The Balaban J connectivity index is 1.96. The number of carbonyl (C=O) groups is 1. The lowest BCUT2D eigenvalue weighted by molar-refractivity contribution is 0.0480. The molecule has 1 fully saturated rings. The summed E-state index contributed by atoms with van der Waals surface area (Å²) < 4.78 is 10.7. The minimum absolute atomic E-state index is 0.0482. The van der Waals surface area contributed by atoms with Gasteiger partial charge in [0, 0.05) is 13.2 Å². The second-order valence-corrected chi connectivity index (χ2v) is 3.92. The SMILES string of the molecule is O=C(O)c1ccnnc1OCC1CCOCC1. The summed E-state index contributed by atoms with van der Waals surface area (Å²) in [5.74, 6) is -0.569. The molecule has 1 aromatic heterocycles. The highest BCUT2D eigenvalue weighted by Crippen LogP contribution is 2.18. The molecule has 1 N–H and O–H groups in total. The Hall–Kier alpha value is -1.69. The van der Waals surface area contributed by atoms with Crippen LogP contribution in [0.3, 0.4) is 0 Å². The van der Waals surface area contributed by atoms with Gasteiger partial charge in [0.1, 0.15) is 5.56 Å². The number of nitrogens with zero attached hydrogens (tertiary/aromatic N) is 2. The Morgan fingerprint density at radius 3 is 3.00 bits per heavy atom. The van der Waals surface area contributed by atoms with Crippen LogP contribution in [0.5, 0.6) is 5.88 Å². The highest BCUT2D eigenvalue weighted by atomic mass is 16.5. The van der Waals surface area contributed by atoms with Crippen molar-refractivity contribution in [3.05, 3.63) is 17.8 Å². The Labute approximate surface area is 98.6 Å². The molecule has 0 aliphatic carbocycles. The van der Waals surface area contributed by atoms with Crippen LogP contribution in [0.1, 0.15) is 23.2 Å². The maximum Gasteiger partial charge on any atom is 0.341 e. The van der Waals surface area contributed by atoms with E-state index >= 15 is 0 Å². The molecule has 92 valence electrons.